The first-order valence-corrected chi connectivity index (χ1v) is 9.37. The Bertz CT molecular complexity index is 1060. The van der Waals surface area contributed by atoms with Gasteiger partial charge in [0.1, 0.15) is 0 Å². The normalized spacial score (nSPS) is 11.5. The van der Waals surface area contributed by atoms with Gasteiger partial charge in [-0.15, -0.1) is 0 Å². The summed E-state index contributed by atoms with van der Waals surface area (Å²) in [6.07, 6.45) is -0.111. The number of hydrogen-bond acceptors (Lipinski definition) is 4. The first-order chi connectivity index (χ1) is 13.7. The second-order valence-corrected chi connectivity index (χ2v) is 7.94. The van der Waals surface area contributed by atoms with E-state index in [4.69, 9.17) is 14.2 Å². The Balaban J connectivity index is 2.33. The lowest BCUT2D eigenvalue weighted by atomic mass is 9.86. The van der Waals surface area contributed by atoms with Crippen molar-refractivity contribution in [1.29, 1.82) is 0 Å². The molecule has 0 aliphatic carbocycles. The van der Waals surface area contributed by atoms with Crippen molar-refractivity contribution in [3.63, 3.8) is 0 Å². The number of aromatic nitrogens is 1. The Morgan fingerprint density at radius 1 is 1.00 bits per heavy atom. The summed E-state index contributed by atoms with van der Waals surface area (Å²) >= 11 is 0. The number of carboxylic acid groups (broad SMARTS) is 1. The van der Waals surface area contributed by atoms with Gasteiger partial charge in [-0.25, -0.2) is 0 Å². The standard InChI is InChI=1S/C23H27NO5/c1-23(2,3)13-7-9-17-15(11-13)16(12-19(25)26)20(24-17)14-8-10-18(27-4)22(29-6)21(14)28-5/h7-11,24H,12H2,1-6H3,(H,25,26). The first kappa shape index (κ1) is 20.6. The summed E-state index contributed by atoms with van der Waals surface area (Å²) in [5, 5.41) is 10.5. The van der Waals surface area contributed by atoms with E-state index in [1.54, 1.807) is 27.4 Å². The minimum Gasteiger partial charge on any atom is -0.493 e. The topological polar surface area (TPSA) is 80.8 Å². The van der Waals surface area contributed by atoms with E-state index in [9.17, 15) is 9.90 Å². The van der Waals surface area contributed by atoms with Gasteiger partial charge in [0.25, 0.3) is 0 Å². The highest BCUT2D eigenvalue weighted by atomic mass is 16.5. The number of aliphatic carboxylic acids is 1. The molecule has 0 aliphatic heterocycles. The van der Waals surface area contributed by atoms with Gasteiger partial charge in [-0.05, 0) is 40.8 Å². The number of aromatic amines is 1. The van der Waals surface area contributed by atoms with Crippen molar-refractivity contribution >= 4 is 16.9 Å². The number of benzene rings is 2. The summed E-state index contributed by atoms with van der Waals surface area (Å²) in [4.78, 5) is 15.1. The average molecular weight is 397 g/mol. The summed E-state index contributed by atoms with van der Waals surface area (Å²) in [6, 6.07) is 9.77. The molecule has 0 saturated carbocycles. The molecule has 3 aromatic rings. The fraction of sp³-hybridized carbons (Fsp3) is 0.348. The van der Waals surface area contributed by atoms with Crippen molar-refractivity contribution < 1.29 is 24.1 Å². The van der Waals surface area contributed by atoms with Crippen molar-refractivity contribution in [2.45, 2.75) is 32.6 Å². The molecule has 2 aromatic carbocycles. The van der Waals surface area contributed by atoms with Crippen molar-refractivity contribution in [1.82, 2.24) is 4.98 Å². The molecule has 0 fully saturated rings. The van der Waals surface area contributed by atoms with Crippen LogP contribution >= 0.6 is 0 Å². The van der Waals surface area contributed by atoms with Crippen LogP contribution in [0.2, 0.25) is 0 Å². The molecule has 0 radical (unpaired) electrons. The summed E-state index contributed by atoms with van der Waals surface area (Å²) in [6.45, 7) is 6.40. The Morgan fingerprint density at radius 3 is 2.24 bits per heavy atom. The van der Waals surface area contributed by atoms with Crippen molar-refractivity contribution in [2.24, 2.45) is 0 Å². The molecule has 0 unspecified atom stereocenters. The Morgan fingerprint density at radius 2 is 1.69 bits per heavy atom. The van der Waals surface area contributed by atoms with Gasteiger partial charge in [0, 0.05) is 16.5 Å². The average Bonchev–Trinajstić information content (AvgIpc) is 3.02. The second-order valence-electron chi connectivity index (χ2n) is 7.94. The molecule has 0 atom stereocenters. The fourth-order valence-electron chi connectivity index (χ4n) is 3.58. The largest absolute Gasteiger partial charge is 0.493 e. The molecule has 0 amide bonds. The Kier molecular flexibility index (Phi) is 5.46. The highest BCUT2D eigenvalue weighted by Crippen LogP contribution is 2.46. The van der Waals surface area contributed by atoms with E-state index in [0.29, 0.717) is 28.5 Å². The molecule has 0 bridgehead atoms. The molecule has 29 heavy (non-hydrogen) atoms. The SMILES string of the molecule is COc1ccc(-c2[nH]c3ccc(C(C)(C)C)cc3c2CC(=O)O)c(OC)c1OC. The Labute approximate surface area is 170 Å². The van der Waals surface area contributed by atoms with Crippen LogP contribution in [-0.4, -0.2) is 37.4 Å². The van der Waals surface area contributed by atoms with Gasteiger partial charge in [-0.1, -0.05) is 26.8 Å². The molecule has 0 aliphatic rings. The number of hydrogen-bond donors (Lipinski definition) is 2. The summed E-state index contributed by atoms with van der Waals surface area (Å²) in [7, 11) is 4.66. The maximum atomic E-state index is 11.7. The lowest BCUT2D eigenvalue weighted by Crippen LogP contribution is -2.10. The van der Waals surface area contributed by atoms with Crippen LogP contribution in [-0.2, 0) is 16.6 Å². The third-order valence-corrected chi connectivity index (χ3v) is 5.07. The monoisotopic (exact) mass is 397 g/mol. The lowest BCUT2D eigenvalue weighted by molar-refractivity contribution is -0.136. The molecule has 0 spiro atoms. The maximum Gasteiger partial charge on any atom is 0.307 e. The van der Waals surface area contributed by atoms with Crippen molar-refractivity contribution in [3.05, 3.63) is 41.5 Å². The summed E-state index contributed by atoms with van der Waals surface area (Å²) in [5.74, 6) is 0.593. The molecule has 0 saturated heterocycles. The third kappa shape index (κ3) is 3.75. The van der Waals surface area contributed by atoms with Crippen LogP contribution in [0.1, 0.15) is 31.9 Å². The van der Waals surface area contributed by atoms with Crippen LogP contribution in [0.15, 0.2) is 30.3 Å². The fourth-order valence-corrected chi connectivity index (χ4v) is 3.58. The van der Waals surface area contributed by atoms with E-state index in [0.717, 1.165) is 22.0 Å². The van der Waals surface area contributed by atoms with Gasteiger partial charge in [0.15, 0.2) is 11.5 Å². The summed E-state index contributed by atoms with van der Waals surface area (Å²) in [5.41, 5.74) is 4.10. The van der Waals surface area contributed by atoms with Crippen molar-refractivity contribution in [2.75, 3.05) is 21.3 Å². The zero-order valence-corrected chi connectivity index (χ0v) is 17.7. The highest BCUT2D eigenvalue weighted by molar-refractivity contribution is 5.96. The van der Waals surface area contributed by atoms with Crippen LogP contribution in [0.5, 0.6) is 17.2 Å². The molecular weight excluding hydrogens is 370 g/mol. The van der Waals surface area contributed by atoms with E-state index >= 15 is 0 Å². The van der Waals surface area contributed by atoms with E-state index in [2.05, 4.69) is 37.9 Å². The molecule has 6 nitrogen and oxygen atoms in total. The predicted octanol–water partition coefficient (Wildman–Crippen LogP) is 4.79. The van der Waals surface area contributed by atoms with E-state index in [1.807, 2.05) is 12.1 Å². The summed E-state index contributed by atoms with van der Waals surface area (Å²) < 4.78 is 16.5. The lowest BCUT2D eigenvalue weighted by Gasteiger charge is -2.19. The zero-order chi connectivity index (χ0) is 21.3. The smallest absolute Gasteiger partial charge is 0.307 e. The molecular formula is C23H27NO5. The minimum atomic E-state index is -0.896. The van der Waals surface area contributed by atoms with Crippen LogP contribution in [0, 0.1) is 0 Å². The number of carbonyl (C=O) groups is 1. The van der Waals surface area contributed by atoms with Crippen LogP contribution in [0.25, 0.3) is 22.2 Å². The maximum absolute atomic E-state index is 11.7. The zero-order valence-electron chi connectivity index (χ0n) is 17.7. The number of carboxylic acids is 1. The molecule has 1 aromatic heterocycles. The molecule has 2 N–H and O–H groups in total. The van der Waals surface area contributed by atoms with Gasteiger partial charge >= 0.3 is 5.97 Å². The number of fused-ring (bicyclic) bond motifs is 1. The molecule has 154 valence electrons. The second kappa shape index (κ2) is 7.70. The Hall–Kier alpha value is -3.15. The van der Waals surface area contributed by atoms with Crippen molar-refractivity contribution in [3.8, 4) is 28.5 Å². The van der Waals surface area contributed by atoms with Gasteiger partial charge in [0.2, 0.25) is 5.75 Å². The van der Waals surface area contributed by atoms with Gasteiger partial charge in [-0.2, -0.15) is 0 Å². The number of ether oxygens (including phenoxy) is 3. The third-order valence-electron chi connectivity index (χ3n) is 5.07. The van der Waals surface area contributed by atoms with Gasteiger partial charge < -0.3 is 24.3 Å². The quantitative estimate of drug-likeness (QED) is 0.625. The molecule has 1 heterocycles. The van der Waals surface area contributed by atoms with Gasteiger partial charge in [-0.3, -0.25) is 4.79 Å². The number of nitrogens with one attached hydrogen (secondary N) is 1. The van der Waals surface area contributed by atoms with E-state index < -0.39 is 5.97 Å². The van der Waals surface area contributed by atoms with Crippen LogP contribution in [0.4, 0.5) is 0 Å². The minimum absolute atomic E-state index is 0.0485. The van der Waals surface area contributed by atoms with Crippen LogP contribution in [0.3, 0.4) is 0 Å². The number of methoxy groups -OCH3 is 3. The number of rotatable bonds is 6. The molecule has 6 heteroatoms. The first-order valence-electron chi connectivity index (χ1n) is 9.37. The van der Waals surface area contributed by atoms with Gasteiger partial charge in [0.05, 0.1) is 33.4 Å². The predicted molar refractivity (Wildman–Crippen MR) is 113 cm³/mol. The highest BCUT2D eigenvalue weighted by Gasteiger charge is 2.24. The van der Waals surface area contributed by atoms with E-state index in [1.165, 1.54) is 0 Å². The van der Waals surface area contributed by atoms with E-state index in [-0.39, 0.29) is 11.8 Å². The molecule has 3 rings (SSSR count). The number of H-pyrrole nitrogens is 1. The van der Waals surface area contributed by atoms with Crippen LogP contribution < -0.4 is 14.2 Å².